The normalized spacial score (nSPS) is 31.0. The molecule has 0 radical (unpaired) electrons. The Kier molecular flexibility index (Phi) is 17.4. The molecule has 0 aromatic rings. The van der Waals surface area contributed by atoms with Crippen LogP contribution >= 0.6 is 0 Å². The van der Waals surface area contributed by atoms with Crippen LogP contribution in [0.2, 0.25) is 18.1 Å². The molecule has 4 fully saturated rings. The van der Waals surface area contributed by atoms with Gasteiger partial charge in [0.1, 0.15) is 0 Å². The van der Waals surface area contributed by atoms with Crippen LogP contribution in [0.3, 0.4) is 0 Å². The largest absolute Gasteiger partial charge is 0.547 e. The van der Waals surface area contributed by atoms with E-state index in [9.17, 15) is 0 Å². The van der Waals surface area contributed by atoms with Crippen molar-refractivity contribution in [1.82, 2.24) is 0 Å². The number of unbranched alkanes of at least 4 members (excludes halogenated alkanes) is 2. The molecule has 4 rings (SSSR count). The van der Waals surface area contributed by atoms with E-state index in [-0.39, 0.29) is 54.1 Å². The van der Waals surface area contributed by atoms with Gasteiger partial charge >= 0.3 is 0 Å². The lowest BCUT2D eigenvalue weighted by molar-refractivity contribution is -0.203. The molecule has 0 amide bonds. The molecule has 0 bridgehead atoms. The summed E-state index contributed by atoms with van der Waals surface area (Å²) in [6.07, 6.45) is 26.9. The van der Waals surface area contributed by atoms with Gasteiger partial charge in [-0.05, 0) is 101 Å². The number of allylic oxidation sites excluding steroid dienone is 3. The van der Waals surface area contributed by atoms with Crippen molar-refractivity contribution in [2.24, 2.45) is 11.8 Å². The molecule has 3 aliphatic heterocycles. The van der Waals surface area contributed by atoms with Gasteiger partial charge in [-0.2, -0.15) is 0 Å². The summed E-state index contributed by atoms with van der Waals surface area (Å²) in [6, 6.07) is 0. The minimum atomic E-state index is -1.87. The van der Waals surface area contributed by atoms with Gasteiger partial charge in [0, 0.05) is 38.6 Å². The van der Waals surface area contributed by atoms with Gasteiger partial charge in [-0.3, -0.25) is 0 Å². The molecule has 282 valence electrons. The molecule has 49 heavy (non-hydrogen) atoms. The van der Waals surface area contributed by atoms with Crippen LogP contribution in [0.4, 0.5) is 0 Å². The monoisotopic (exact) mass is 705 g/mol. The third kappa shape index (κ3) is 13.8. The van der Waals surface area contributed by atoms with Crippen molar-refractivity contribution >= 4 is 8.32 Å². The molecule has 8 heteroatoms. The molecule has 0 aromatic heterocycles. The smallest absolute Gasteiger partial charge is 0.250 e. The number of rotatable bonds is 19. The van der Waals surface area contributed by atoms with E-state index < -0.39 is 8.32 Å². The zero-order valence-corrected chi connectivity index (χ0v) is 33.1. The first-order valence-electron chi connectivity index (χ1n) is 20.1. The first-order chi connectivity index (χ1) is 23.6. The molecule has 4 aliphatic rings. The zero-order chi connectivity index (χ0) is 35.1. The van der Waals surface area contributed by atoms with E-state index >= 15 is 0 Å². The Hall–Kier alpha value is -1.00. The summed E-state index contributed by atoms with van der Waals surface area (Å²) in [6.45, 7) is 20.3. The topological polar surface area (TPSA) is 64.6 Å². The van der Waals surface area contributed by atoms with Gasteiger partial charge in [-0.1, -0.05) is 77.8 Å². The van der Waals surface area contributed by atoms with Crippen molar-refractivity contribution < 1.29 is 32.8 Å². The molecule has 8 atom stereocenters. The quantitative estimate of drug-likeness (QED) is 0.0574. The third-order valence-electron chi connectivity index (χ3n) is 11.3. The highest BCUT2D eigenvalue weighted by Crippen LogP contribution is 2.43. The first-order valence-corrected chi connectivity index (χ1v) is 23.0. The van der Waals surface area contributed by atoms with Crippen LogP contribution in [0.15, 0.2) is 36.6 Å². The van der Waals surface area contributed by atoms with Crippen molar-refractivity contribution in [2.45, 2.75) is 192 Å². The predicted molar refractivity (Wildman–Crippen MR) is 201 cm³/mol. The van der Waals surface area contributed by atoms with Crippen LogP contribution in [0.1, 0.15) is 137 Å². The molecule has 7 nitrogen and oxygen atoms in total. The Morgan fingerprint density at radius 1 is 0.837 bits per heavy atom. The Morgan fingerprint density at radius 2 is 1.45 bits per heavy atom. The lowest BCUT2D eigenvalue weighted by atomic mass is 9.89. The molecule has 3 heterocycles. The maximum atomic E-state index is 6.82. The van der Waals surface area contributed by atoms with Gasteiger partial charge < -0.3 is 32.8 Å². The van der Waals surface area contributed by atoms with Crippen molar-refractivity contribution in [3.63, 3.8) is 0 Å². The second kappa shape index (κ2) is 20.9. The van der Waals surface area contributed by atoms with Gasteiger partial charge in [0.2, 0.25) is 8.32 Å². The zero-order valence-electron chi connectivity index (χ0n) is 32.1. The second-order valence-electron chi connectivity index (χ2n) is 16.4. The summed E-state index contributed by atoms with van der Waals surface area (Å²) in [7, 11) is -1.87. The summed E-state index contributed by atoms with van der Waals surface area (Å²) in [5.41, 5.74) is 0. The summed E-state index contributed by atoms with van der Waals surface area (Å²) < 4.78 is 44.9. The second-order valence-corrected chi connectivity index (χ2v) is 21.1. The Labute approximate surface area is 301 Å². The summed E-state index contributed by atoms with van der Waals surface area (Å²) in [5.74, 6) is 1.36. The summed E-state index contributed by atoms with van der Waals surface area (Å²) >= 11 is 0. The molecule has 0 aromatic carbocycles. The van der Waals surface area contributed by atoms with E-state index in [4.69, 9.17) is 32.8 Å². The molecule has 1 saturated carbocycles. The van der Waals surface area contributed by atoms with Crippen molar-refractivity contribution in [3.8, 4) is 0 Å². The van der Waals surface area contributed by atoms with Gasteiger partial charge in [-0.15, -0.1) is 0 Å². The van der Waals surface area contributed by atoms with Gasteiger partial charge in [-0.25, -0.2) is 0 Å². The lowest BCUT2D eigenvalue weighted by Gasteiger charge is -2.37. The average Bonchev–Trinajstić information content (AvgIpc) is 3.38. The van der Waals surface area contributed by atoms with Crippen LogP contribution in [0.25, 0.3) is 0 Å². The van der Waals surface area contributed by atoms with Crippen molar-refractivity contribution in [2.75, 3.05) is 19.8 Å². The molecule has 1 aliphatic carbocycles. The highest BCUT2D eigenvalue weighted by molar-refractivity contribution is 6.74. The first kappa shape index (κ1) is 40.8. The molecule has 3 saturated heterocycles. The predicted octanol–water partition coefficient (Wildman–Crippen LogP) is 10.8. The van der Waals surface area contributed by atoms with Gasteiger partial charge in [0.25, 0.3) is 0 Å². The maximum absolute atomic E-state index is 6.82. The molecular formula is C41H72O7Si. The third-order valence-corrected chi connectivity index (χ3v) is 15.7. The summed E-state index contributed by atoms with van der Waals surface area (Å²) in [5, 5.41) is 0.165. The minimum Gasteiger partial charge on any atom is -0.547 e. The highest BCUT2D eigenvalue weighted by Gasteiger charge is 2.45. The minimum absolute atomic E-state index is 0.0197. The van der Waals surface area contributed by atoms with Crippen molar-refractivity contribution in [3.05, 3.63) is 36.6 Å². The van der Waals surface area contributed by atoms with Gasteiger partial charge in [0.05, 0.1) is 24.1 Å². The molecule has 0 N–H and O–H groups in total. The van der Waals surface area contributed by atoms with Crippen LogP contribution in [0, 0.1) is 11.8 Å². The highest BCUT2D eigenvalue weighted by atomic mass is 28.4. The van der Waals surface area contributed by atoms with E-state index in [1.165, 1.54) is 19.3 Å². The fraction of sp³-hybridized carbons (Fsp3) is 0.854. The van der Waals surface area contributed by atoms with E-state index in [0.29, 0.717) is 0 Å². The van der Waals surface area contributed by atoms with Crippen LogP contribution in [-0.4, -0.2) is 65.3 Å². The van der Waals surface area contributed by atoms with E-state index in [1.54, 1.807) is 0 Å². The standard InChI is InChI=1S/C41H72O7Si/c1-8-9-11-21-33(45-38-23-14-17-28-42-38)26-27-35-34(22-13-10-12-20-32(2)48-49(6,7)41(3,4)5)36(46-39-24-15-18-29-43-39)31-37(35)47-40-25-16-19-30-44-40/h10,13,26-27,33-40H,2,8-9,11-12,14-25,28-31H2,1,3-7H3/b13-10-,27-26+/t33-,34+,35+,36-,37+,38?,39?,40?/m0/s1. The maximum Gasteiger partial charge on any atom is 0.250 e. The summed E-state index contributed by atoms with van der Waals surface area (Å²) in [4.78, 5) is 0. The van der Waals surface area contributed by atoms with E-state index in [1.807, 2.05) is 0 Å². The van der Waals surface area contributed by atoms with Crippen molar-refractivity contribution in [1.29, 1.82) is 0 Å². The van der Waals surface area contributed by atoms with E-state index in [2.05, 4.69) is 71.7 Å². The van der Waals surface area contributed by atoms with Crippen LogP contribution < -0.4 is 0 Å². The number of ether oxygens (including phenoxy) is 6. The van der Waals surface area contributed by atoms with Crippen LogP contribution in [-0.2, 0) is 32.8 Å². The fourth-order valence-corrected chi connectivity index (χ4v) is 8.37. The number of hydrogen-bond acceptors (Lipinski definition) is 7. The lowest BCUT2D eigenvalue weighted by Crippen LogP contribution is -2.40. The molecule has 3 unspecified atom stereocenters. The number of hydrogen-bond donors (Lipinski definition) is 0. The fourth-order valence-electron chi connectivity index (χ4n) is 7.24. The Morgan fingerprint density at radius 3 is 2.02 bits per heavy atom. The SMILES string of the molecule is C=C(CC/C=C\C[C@@H]1[C@@H](/C=C/[C@H](CCCCC)OC2CCCCO2)[C@H](OC2CCCCO2)C[C@@H]1OC1CCCCO1)O[Si](C)(C)C(C)(C)C. The van der Waals surface area contributed by atoms with E-state index in [0.717, 1.165) is 115 Å². The molecule has 0 spiro atoms. The molecular weight excluding hydrogens is 633 g/mol. The van der Waals surface area contributed by atoms with Crippen LogP contribution in [0.5, 0.6) is 0 Å². The Balaban J connectivity index is 1.49. The average molecular weight is 705 g/mol. The Bertz CT molecular complexity index is 988. The van der Waals surface area contributed by atoms with Gasteiger partial charge in [0.15, 0.2) is 18.9 Å².